The summed E-state index contributed by atoms with van der Waals surface area (Å²) < 4.78 is 18.6. The molecule has 0 aliphatic heterocycles. The first-order valence-electron chi connectivity index (χ1n) is 7.82. The summed E-state index contributed by atoms with van der Waals surface area (Å²) >= 11 is 0. The number of hydrogen-bond donors (Lipinski definition) is 1. The average molecular weight is 330 g/mol. The van der Waals surface area contributed by atoms with Crippen LogP contribution in [0.1, 0.15) is 29.7 Å². The van der Waals surface area contributed by atoms with Crippen molar-refractivity contribution in [2.24, 2.45) is 0 Å². The third-order valence-corrected chi connectivity index (χ3v) is 3.98. The molecular formula is C19H23FN2O2. The number of rotatable bonds is 5. The van der Waals surface area contributed by atoms with Crippen LogP contribution in [0.15, 0.2) is 42.5 Å². The molecule has 0 aliphatic rings. The van der Waals surface area contributed by atoms with Crippen LogP contribution in [0.3, 0.4) is 0 Å². The van der Waals surface area contributed by atoms with Gasteiger partial charge in [-0.05, 0) is 42.7 Å². The van der Waals surface area contributed by atoms with Crippen molar-refractivity contribution in [1.82, 2.24) is 10.2 Å². The number of benzene rings is 2. The molecule has 0 bridgehead atoms. The maximum absolute atomic E-state index is 13.7. The maximum atomic E-state index is 13.7. The zero-order valence-corrected chi connectivity index (χ0v) is 14.5. The van der Waals surface area contributed by atoms with Crippen LogP contribution in [0.4, 0.5) is 9.18 Å². The Labute approximate surface area is 142 Å². The Morgan fingerprint density at radius 1 is 1.29 bits per heavy atom. The standard InChI is InChI=1S/C19H23FN2O2/c1-13-7-5-6-8-16(13)14(2)21-19(23)22(3)12-15-9-10-18(24-4)17(20)11-15/h5-11,14H,12H2,1-4H3,(H,21,23). The number of amides is 2. The quantitative estimate of drug-likeness (QED) is 0.899. The molecule has 24 heavy (non-hydrogen) atoms. The number of aryl methyl sites for hydroxylation is 1. The molecule has 1 unspecified atom stereocenters. The molecule has 0 saturated heterocycles. The van der Waals surface area contributed by atoms with Gasteiger partial charge in [0.2, 0.25) is 0 Å². The van der Waals surface area contributed by atoms with E-state index in [1.807, 2.05) is 38.1 Å². The number of nitrogens with one attached hydrogen (secondary N) is 1. The second-order valence-electron chi connectivity index (χ2n) is 5.85. The van der Waals surface area contributed by atoms with Crippen molar-refractivity contribution in [1.29, 1.82) is 0 Å². The Hall–Kier alpha value is -2.56. The lowest BCUT2D eigenvalue weighted by Crippen LogP contribution is -2.38. The molecule has 2 aromatic carbocycles. The highest BCUT2D eigenvalue weighted by molar-refractivity contribution is 5.74. The van der Waals surface area contributed by atoms with E-state index in [-0.39, 0.29) is 17.8 Å². The number of hydrogen-bond acceptors (Lipinski definition) is 2. The largest absolute Gasteiger partial charge is 0.494 e. The minimum Gasteiger partial charge on any atom is -0.494 e. The number of nitrogens with zero attached hydrogens (tertiary/aromatic N) is 1. The highest BCUT2D eigenvalue weighted by Gasteiger charge is 2.15. The Morgan fingerprint density at radius 3 is 2.62 bits per heavy atom. The lowest BCUT2D eigenvalue weighted by atomic mass is 10.0. The monoisotopic (exact) mass is 330 g/mol. The van der Waals surface area contributed by atoms with E-state index in [1.165, 1.54) is 18.1 Å². The van der Waals surface area contributed by atoms with E-state index in [9.17, 15) is 9.18 Å². The molecule has 2 rings (SSSR count). The van der Waals surface area contributed by atoms with Crippen molar-refractivity contribution in [2.75, 3.05) is 14.2 Å². The molecule has 0 heterocycles. The van der Waals surface area contributed by atoms with E-state index in [1.54, 1.807) is 19.2 Å². The summed E-state index contributed by atoms with van der Waals surface area (Å²) in [5.74, 6) is -0.240. The van der Waals surface area contributed by atoms with Crippen molar-refractivity contribution in [3.63, 3.8) is 0 Å². The highest BCUT2D eigenvalue weighted by atomic mass is 19.1. The van der Waals surface area contributed by atoms with Gasteiger partial charge in [-0.1, -0.05) is 30.3 Å². The molecule has 5 heteroatoms. The SMILES string of the molecule is COc1ccc(CN(C)C(=O)NC(C)c2ccccc2C)cc1F. The smallest absolute Gasteiger partial charge is 0.317 e. The Morgan fingerprint density at radius 2 is 2.00 bits per heavy atom. The highest BCUT2D eigenvalue weighted by Crippen LogP contribution is 2.19. The normalized spacial score (nSPS) is 11.7. The van der Waals surface area contributed by atoms with E-state index in [0.29, 0.717) is 12.1 Å². The van der Waals surface area contributed by atoms with Crippen LogP contribution in [0.5, 0.6) is 5.75 Å². The van der Waals surface area contributed by atoms with Crippen LogP contribution < -0.4 is 10.1 Å². The predicted octanol–water partition coefficient (Wildman–Crippen LogP) is 4.05. The van der Waals surface area contributed by atoms with Gasteiger partial charge in [0.15, 0.2) is 11.6 Å². The van der Waals surface area contributed by atoms with E-state index in [4.69, 9.17) is 4.74 Å². The number of ether oxygens (including phenoxy) is 1. The molecular weight excluding hydrogens is 307 g/mol. The zero-order valence-electron chi connectivity index (χ0n) is 14.5. The number of methoxy groups -OCH3 is 1. The van der Waals surface area contributed by atoms with Crippen molar-refractivity contribution in [3.8, 4) is 5.75 Å². The molecule has 0 radical (unpaired) electrons. The molecule has 1 atom stereocenters. The summed E-state index contributed by atoms with van der Waals surface area (Å²) in [6, 6.07) is 12.3. The fourth-order valence-electron chi connectivity index (χ4n) is 2.60. The van der Waals surface area contributed by atoms with Gasteiger partial charge < -0.3 is 15.0 Å². The topological polar surface area (TPSA) is 41.6 Å². The van der Waals surface area contributed by atoms with Gasteiger partial charge in [-0.15, -0.1) is 0 Å². The van der Waals surface area contributed by atoms with Crippen molar-refractivity contribution in [2.45, 2.75) is 26.4 Å². The third kappa shape index (κ3) is 4.25. The van der Waals surface area contributed by atoms with Gasteiger partial charge in [0.25, 0.3) is 0 Å². The number of carbonyl (C=O) groups excluding carboxylic acids is 1. The molecule has 2 aromatic rings. The molecule has 0 aromatic heterocycles. The summed E-state index contributed by atoms with van der Waals surface area (Å²) in [7, 11) is 3.10. The van der Waals surface area contributed by atoms with Gasteiger partial charge in [-0.25, -0.2) is 9.18 Å². The Kier molecular flexibility index (Phi) is 5.79. The van der Waals surface area contributed by atoms with Crippen molar-refractivity contribution < 1.29 is 13.9 Å². The predicted molar refractivity (Wildman–Crippen MR) is 92.5 cm³/mol. The zero-order chi connectivity index (χ0) is 17.7. The summed E-state index contributed by atoms with van der Waals surface area (Å²) in [6.07, 6.45) is 0. The van der Waals surface area contributed by atoms with Gasteiger partial charge in [-0.2, -0.15) is 0 Å². The van der Waals surface area contributed by atoms with Crippen LogP contribution in [-0.4, -0.2) is 25.1 Å². The van der Waals surface area contributed by atoms with Gasteiger partial charge in [-0.3, -0.25) is 0 Å². The molecule has 1 N–H and O–H groups in total. The Balaban J connectivity index is 1.99. The fraction of sp³-hybridized carbons (Fsp3) is 0.316. The van der Waals surface area contributed by atoms with E-state index >= 15 is 0 Å². The van der Waals surface area contributed by atoms with E-state index < -0.39 is 5.82 Å². The molecule has 128 valence electrons. The molecule has 0 aliphatic carbocycles. The van der Waals surface area contributed by atoms with Gasteiger partial charge in [0, 0.05) is 13.6 Å². The lowest BCUT2D eigenvalue weighted by molar-refractivity contribution is 0.203. The van der Waals surface area contributed by atoms with Crippen LogP contribution in [0.2, 0.25) is 0 Å². The van der Waals surface area contributed by atoms with Crippen LogP contribution in [-0.2, 0) is 6.54 Å². The number of carbonyl (C=O) groups is 1. The second kappa shape index (κ2) is 7.81. The van der Waals surface area contributed by atoms with Crippen molar-refractivity contribution in [3.05, 3.63) is 65.0 Å². The van der Waals surface area contributed by atoms with Crippen molar-refractivity contribution >= 4 is 6.03 Å². The lowest BCUT2D eigenvalue weighted by Gasteiger charge is -2.22. The number of urea groups is 1. The molecule has 4 nitrogen and oxygen atoms in total. The first-order chi connectivity index (χ1) is 11.4. The fourth-order valence-corrected chi connectivity index (χ4v) is 2.60. The van der Waals surface area contributed by atoms with Crippen LogP contribution in [0, 0.1) is 12.7 Å². The minimum atomic E-state index is -0.433. The average Bonchev–Trinajstić information content (AvgIpc) is 2.55. The Bertz CT molecular complexity index is 718. The summed E-state index contributed by atoms with van der Waals surface area (Å²) in [6.45, 7) is 4.27. The molecule has 0 saturated carbocycles. The van der Waals surface area contributed by atoms with E-state index in [0.717, 1.165) is 11.1 Å². The van der Waals surface area contributed by atoms with Gasteiger partial charge in [0.05, 0.1) is 13.2 Å². The van der Waals surface area contributed by atoms with Crippen LogP contribution >= 0.6 is 0 Å². The summed E-state index contributed by atoms with van der Waals surface area (Å²) in [5.41, 5.74) is 2.91. The summed E-state index contributed by atoms with van der Waals surface area (Å²) in [4.78, 5) is 13.9. The van der Waals surface area contributed by atoms with Gasteiger partial charge >= 0.3 is 6.03 Å². The maximum Gasteiger partial charge on any atom is 0.317 e. The second-order valence-corrected chi connectivity index (χ2v) is 5.85. The molecule has 0 spiro atoms. The first-order valence-corrected chi connectivity index (χ1v) is 7.82. The molecule has 2 amide bonds. The van der Waals surface area contributed by atoms with E-state index in [2.05, 4.69) is 5.32 Å². The third-order valence-electron chi connectivity index (χ3n) is 3.98. The summed E-state index contributed by atoms with van der Waals surface area (Å²) in [5, 5.41) is 2.96. The minimum absolute atomic E-state index is 0.103. The number of halogens is 1. The first kappa shape index (κ1) is 17.8. The van der Waals surface area contributed by atoms with Crippen LogP contribution in [0.25, 0.3) is 0 Å². The molecule has 0 fully saturated rings. The van der Waals surface area contributed by atoms with Gasteiger partial charge in [0.1, 0.15) is 0 Å².